The molecular weight excluding hydrogens is 230 g/mol. The molecule has 0 spiro atoms. The third-order valence-corrected chi connectivity index (χ3v) is 2.77. The van der Waals surface area contributed by atoms with Crippen molar-refractivity contribution in [3.8, 4) is 0 Å². The maximum Gasteiger partial charge on any atom is 0.251 e. The van der Waals surface area contributed by atoms with Crippen molar-refractivity contribution in [2.45, 2.75) is 20.8 Å². The fourth-order valence-electron chi connectivity index (χ4n) is 1.42. The Labute approximate surface area is 107 Å². The molecule has 0 saturated heterocycles. The SMILES string of the molecule is Cc1cccc(C(=O)NCC(C)(C)/C(N)=N/O)c1. The van der Waals surface area contributed by atoms with E-state index >= 15 is 0 Å². The molecule has 1 aromatic carbocycles. The van der Waals surface area contributed by atoms with Crippen LogP contribution in [0.3, 0.4) is 0 Å². The van der Waals surface area contributed by atoms with E-state index in [1.165, 1.54) is 0 Å². The smallest absolute Gasteiger partial charge is 0.251 e. The summed E-state index contributed by atoms with van der Waals surface area (Å²) in [6.07, 6.45) is 0. The first-order valence-electron chi connectivity index (χ1n) is 5.69. The maximum absolute atomic E-state index is 11.9. The molecule has 0 atom stereocenters. The first-order chi connectivity index (χ1) is 8.36. The number of hydrogen-bond acceptors (Lipinski definition) is 3. The Morgan fingerprint density at radius 3 is 2.72 bits per heavy atom. The second-order valence-electron chi connectivity index (χ2n) is 4.92. The number of nitrogens with zero attached hydrogens (tertiary/aromatic N) is 1. The van der Waals surface area contributed by atoms with Crippen LogP contribution in [0, 0.1) is 12.3 Å². The normalized spacial score (nSPS) is 12.3. The summed E-state index contributed by atoms with van der Waals surface area (Å²) in [5, 5.41) is 14.4. The van der Waals surface area contributed by atoms with Gasteiger partial charge in [0.15, 0.2) is 0 Å². The van der Waals surface area contributed by atoms with E-state index in [1.54, 1.807) is 19.9 Å². The van der Waals surface area contributed by atoms with Gasteiger partial charge in [-0.05, 0) is 19.1 Å². The van der Waals surface area contributed by atoms with Crippen molar-refractivity contribution in [2.75, 3.05) is 6.54 Å². The number of oxime groups is 1. The maximum atomic E-state index is 11.9. The van der Waals surface area contributed by atoms with E-state index in [0.717, 1.165) is 5.56 Å². The Balaban J connectivity index is 2.67. The van der Waals surface area contributed by atoms with Crippen LogP contribution in [0.1, 0.15) is 29.8 Å². The minimum atomic E-state index is -0.589. The van der Waals surface area contributed by atoms with Crippen LogP contribution >= 0.6 is 0 Å². The van der Waals surface area contributed by atoms with Crippen LogP contribution in [0.2, 0.25) is 0 Å². The van der Waals surface area contributed by atoms with Crippen LogP contribution in [0.5, 0.6) is 0 Å². The molecule has 5 nitrogen and oxygen atoms in total. The van der Waals surface area contributed by atoms with Gasteiger partial charge in [0.2, 0.25) is 0 Å². The Kier molecular flexibility index (Phi) is 4.31. The van der Waals surface area contributed by atoms with E-state index in [4.69, 9.17) is 10.9 Å². The number of aryl methyl sites for hydroxylation is 1. The molecule has 0 aliphatic carbocycles. The Morgan fingerprint density at radius 1 is 1.50 bits per heavy atom. The minimum Gasteiger partial charge on any atom is -0.409 e. The van der Waals surface area contributed by atoms with Gasteiger partial charge in [-0.3, -0.25) is 4.79 Å². The number of carbonyl (C=O) groups is 1. The largest absolute Gasteiger partial charge is 0.409 e. The number of carbonyl (C=O) groups excluding carboxylic acids is 1. The van der Waals surface area contributed by atoms with E-state index in [0.29, 0.717) is 12.1 Å². The Bertz CT molecular complexity index is 467. The number of rotatable bonds is 4. The van der Waals surface area contributed by atoms with Crippen molar-refractivity contribution in [1.82, 2.24) is 5.32 Å². The molecule has 1 aromatic rings. The van der Waals surface area contributed by atoms with E-state index in [2.05, 4.69) is 10.5 Å². The van der Waals surface area contributed by atoms with Crippen LogP contribution in [0.15, 0.2) is 29.4 Å². The van der Waals surface area contributed by atoms with Gasteiger partial charge in [0.1, 0.15) is 5.84 Å². The summed E-state index contributed by atoms with van der Waals surface area (Å²) in [5.74, 6) is -0.0791. The molecule has 0 saturated carbocycles. The van der Waals surface area contributed by atoms with Gasteiger partial charge in [-0.1, -0.05) is 36.7 Å². The van der Waals surface area contributed by atoms with Crippen molar-refractivity contribution in [1.29, 1.82) is 0 Å². The van der Waals surface area contributed by atoms with Crippen LogP contribution in [-0.2, 0) is 0 Å². The number of hydrogen-bond donors (Lipinski definition) is 3. The number of nitrogens with two attached hydrogens (primary N) is 1. The predicted molar refractivity (Wildman–Crippen MR) is 70.7 cm³/mol. The summed E-state index contributed by atoms with van der Waals surface area (Å²) >= 11 is 0. The predicted octanol–water partition coefficient (Wildman–Crippen LogP) is 1.50. The molecule has 98 valence electrons. The number of amides is 1. The highest BCUT2D eigenvalue weighted by atomic mass is 16.4. The zero-order valence-electron chi connectivity index (χ0n) is 10.9. The third kappa shape index (κ3) is 3.48. The lowest BCUT2D eigenvalue weighted by Gasteiger charge is -2.23. The average Bonchev–Trinajstić information content (AvgIpc) is 2.35. The fraction of sp³-hybridized carbons (Fsp3) is 0.385. The van der Waals surface area contributed by atoms with Gasteiger partial charge in [0.25, 0.3) is 5.91 Å². The molecule has 0 unspecified atom stereocenters. The van der Waals surface area contributed by atoms with Crippen molar-refractivity contribution in [2.24, 2.45) is 16.3 Å². The summed E-state index contributed by atoms with van der Waals surface area (Å²) in [5.41, 5.74) is 6.59. The standard InChI is InChI=1S/C13H19N3O2/c1-9-5-4-6-10(7-9)11(17)15-8-13(2,3)12(14)16-18/h4-7,18H,8H2,1-3H3,(H2,14,16)(H,15,17). The van der Waals surface area contributed by atoms with Gasteiger partial charge in [-0.25, -0.2) is 0 Å². The monoisotopic (exact) mass is 249 g/mol. The number of benzene rings is 1. The number of nitrogens with one attached hydrogen (secondary N) is 1. The lowest BCUT2D eigenvalue weighted by molar-refractivity contribution is 0.0944. The molecule has 0 radical (unpaired) electrons. The summed E-state index contributed by atoms with van der Waals surface area (Å²) in [7, 11) is 0. The van der Waals surface area contributed by atoms with Crippen LogP contribution < -0.4 is 11.1 Å². The summed E-state index contributed by atoms with van der Waals surface area (Å²) < 4.78 is 0. The number of amidine groups is 1. The molecule has 0 aliphatic heterocycles. The summed E-state index contributed by atoms with van der Waals surface area (Å²) in [4.78, 5) is 11.9. The second kappa shape index (κ2) is 5.53. The van der Waals surface area contributed by atoms with Gasteiger partial charge in [-0.2, -0.15) is 0 Å². The van der Waals surface area contributed by atoms with Gasteiger partial charge in [-0.15, -0.1) is 0 Å². The third-order valence-electron chi connectivity index (χ3n) is 2.77. The van der Waals surface area contributed by atoms with E-state index in [-0.39, 0.29) is 11.7 Å². The van der Waals surface area contributed by atoms with E-state index in [9.17, 15) is 4.79 Å². The van der Waals surface area contributed by atoms with E-state index in [1.807, 2.05) is 25.1 Å². The topological polar surface area (TPSA) is 87.7 Å². The van der Waals surface area contributed by atoms with Crippen LogP contribution in [0.25, 0.3) is 0 Å². The molecule has 1 rings (SSSR count). The van der Waals surface area contributed by atoms with Crippen molar-refractivity contribution in [3.63, 3.8) is 0 Å². The van der Waals surface area contributed by atoms with Crippen molar-refractivity contribution >= 4 is 11.7 Å². The molecule has 4 N–H and O–H groups in total. The molecule has 1 amide bonds. The lowest BCUT2D eigenvalue weighted by Crippen LogP contribution is -2.42. The zero-order chi connectivity index (χ0) is 13.8. The van der Waals surface area contributed by atoms with Gasteiger partial charge in [0.05, 0.1) is 0 Å². The fourth-order valence-corrected chi connectivity index (χ4v) is 1.42. The summed E-state index contributed by atoms with van der Waals surface area (Å²) in [6, 6.07) is 7.32. The molecule has 0 aromatic heterocycles. The molecule has 18 heavy (non-hydrogen) atoms. The molecular formula is C13H19N3O2. The van der Waals surface area contributed by atoms with Gasteiger partial charge in [0, 0.05) is 17.5 Å². The Morgan fingerprint density at radius 2 is 2.17 bits per heavy atom. The first-order valence-corrected chi connectivity index (χ1v) is 5.69. The van der Waals surface area contributed by atoms with Gasteiger partial charge < -0.3 is 16.3 Å². The lowest BCUT2D eigenvalue weighted by atomic mass is 9.92. The first kappa shape index (κ1) is 14.0. The molecule has 0 fully saturated rings. The molecule has 0 bridgehead atoms. The summed E-state index contributed by atoms with van der Waals surface area (Å²) in [6.45, 7) is 5.81. The van der Waals surface area contributed by atoms with Gasteiger partial charge >= 0.3 is 0 Å². The molecule has 0 heterocycles. The average molecular weight is 249 g/mol. The highest BCUT2D eigenvalue weighted by Gasteiger charge is 2.24. The highest BCUT2D eigenvalue weighted by Crippen LogP contribution is 2.13. The van der Waals surface area contributed by atoms with Crippen molar-refractivity contribution < 1.29 is 10.0 Å². The molecule has 0 aliphatic rings. The zero-order valence-corrected chi connectivity index (χ0v) is 10.9. The Hall–Kier alpha value is -2.04. The van der Waals surface area contributed by atoms with Crippen LogP contribution in [-0.4, -0.2) is 23.5 Å². The highest BCUT2D eigenvalue weighted by molar-refractivity contribution is 5.95. The van der Waals surface area contributed by atoms with Crippen LogP contribution in [0.4, 0.5) is 0 Å². The minimum absolute atomic E-state index is 0.0899. The van der Waals surface area contributed by atoms with E-state index < -0.39 is 5.41 Å². The molecule has 5 heteroatoms. The van der Waals surface area contributed by atoms with Crippen molar-refractivity contribution in [3.05, 3.63) is 35.4 Å². The quantitative estimate of drug-likeness (QED) is 0.327. The second-order valence-corrected chi connectivity index (χ2v) is 4.92.